The standard InChI is InChI=1S/C27H31ClN4O3S2/c1-3-31(4-2)22-12-10-20(11-13-22)17-32(23-14-15-37(34,35)19-23)26(33)25-24(28)16-29-27(30-25)36-18-21-8-6-5-7-9-21/h5-13,16,23H,3-4,14-15,17-19H2,1-2H3/t23-/m0/s1. The number of thioether (sulfide) groups is 1. The lowest BCUT2D eigenvalue weighted by Crippen LogP contribution is -2.41. The molecule has 10 heteroatoms. The summed E-state index contributed by atoms with van der Waals surface area (Å²) < 4.78 is 24.6. The van der Waals surface area contributed by atoms with E-state index >= 15 is 0 Å². The van der Waals surface area contributed by atoms with Gasteiger partial charge in [0.15, 0.2) is 20.7 Å². The van der Waals surface area contributed by atoms with Crippen LogP contribution in [0.15, 0.2) is 66.0 Å². The van der Waals surface area contributed by atoms with Crippen LogP contribution in [0, 0.1) is 0 Å². The van der Waals surface area contributed by atoms with E-state index in [2.05, 4.69) is 28.7 Å². The van der Waals surface area contributed by atoms with Crippen molar-refractivity contribution in [3.05, 3.63) is 82.6 Å². The number of hydrogen-bond donors (Lipinski definition) is 0. The van der Waals surface area contributed by atoms with Crippen molar-refractivity contribution in [3.8, 4) is 0 Å². The summed E-state index contributed by atoms with van der Waals surface area (Å²) in [7, 11) is -3.20. The van der Waals surface area contributed by atoms with Gasteiger partial charge < -0.3 is 9.80 Å². The van der Waals surface area contributed by atoms with Crippen LogP contribution in [0.2, 0.25) is 5.02 Å². The van der Waals surface area contributed by atoms with Gasteiger partial charge in [-0.25, -0.2) is 18.4 Å². The summed E-state index contributed by atoms with van der Waals surface area (Å²) in [6.45, 7) is 6.28. The van der Waals surface area contributed by atoms with Crippen LogP contribution in [0.1, 0.15) is 41.9 Å². The number of benzene rings is 2. The minimum Gasteiger partial charge on any atom is -0.372 e. The van der Waals surface area contributed by atoms with Gasteiger partial charge in [-0.2, -0.15) is 0 Å². The Morgan fingerprint density at radius 2 is 1.76 bits per heavy atom. The molecule has 1 saturated heterocycles. The lowest BCUT2D eigenvalue weighted by atomic mass is 10.1. The molecule has 1 atom stereocenters. The maximum Gasteiger partial charge on any atom is 0.274 e. The van der Waals surface area contributed by atoms with Crippen LogP contribution >= 0.6 is 23.4 Å². The Balaban J connectivity index is 1.58. The summed E-state index contributed by atoms with van der Waals surface area (Å²) in [5.41, 5.74) is 3.23. The Hall–Kier alpha value is -2.62. The smallest absolute Gasteiger partial charge is 0.274 e. The third-order valence-electron chi connectivity index (χ3n) is 6.46. The van der Waals surface area contributed by atoms with Gasteiger partial charge >= 0.3 is 0 Å². The normalized spacial score (nSPS) is 16.5. The second kappa shape index (κ2) is 12.3. The summed E-state index contributed by atoms with van der Waals surface area (Å²) in [6.07, 6.45) is 1.83. The number of sulfone groups is 1. The van der Waals surface area contributed by atoms with Crippen molar-refractivity contribution >= 4 is 44.8 Å². The Bertz CT molecular complexity index is 1320. The molecular weight excluding hydrogens is 528 g/mol. The van der Waals surface area contributed by atoms with Gasteiger partial charge in [-0.05, 0) is 43.5 Å². The van der Waals surface area contributed by atoms with Crippen LogP contribution in [0.25, 0.3) is 0 Å². The van der Waals surface area contributed by atoms with Crippen LogP contribution in [0.4, 0.5) is 5.69 Å². The molecule has 2 aromatic carbocycles. The molecule has 196 valence electrons. The summed E-state index contributed by atoms with van der Waals surface area (Å²) in [6, 6.07) is 17.5. The zero-order valence-corrected chi connectivity index (χ0v) is 23.4. The Morgan fingerprint density at radius 1 is 1.05 bits per heavy atom. The first-order valence-electron chi connectivity index (χ1n) is 12.3. The number of anilines is 1. The molecule has 1 aliphatic heterocycles. The molecule has 7 nitrogen and oxygen atoms in total. The van der Waals surface area contributed by atoms with Gasteiger partial charge in [0.1, 0.15) is 0 Å². The molecule has 37 heavy (non-hydrogen) atoms. The van der Waals surface area contributed by atoms with Gasteiger partial charge in [-0.3, -0.25) is 4.79 Å². The van der Waals surface area contributed by atoms with Gasteiger partial charge in [0.2, 0.25) is 0 Å². The molecule has 0 saturated carbocycles. The van der Waals surface area contributed by atoms with E-state index in [1.54, 1.807) is 4.90 Å². The Labute approximate surface area is 228 Å². The number of amides is 1. The number of halogens is 1. The highest BCUT2D eigenvalue weighted by molar-refractivity contribution is 7.98. The monoisotopic (exact) mass is 558 g/mol. The first kappa shape index (κ1) is 27.4. The zero-order chi connectivity index (χ0) is 26.4. The average Bonchev–Trinajstić information content (AvgIpc) is 3.27. The maximum atomic E-state index is 13.8. The molecule has 0 radical (unpaired) electrons. The summed E-state index contributed by atoms with van der Waals surface area (Å²) in [4.78, 5) is 26.4. The fourth-order valence-corrected chi connectivity index (χ4v) is 7.09. The number of nitrogens with zero attached hydrogens (tertiary/aromatic N) is 4. The number of carbonyl (C=O) groups excluding carboxylic acids is 1. The third-order valence-corrected chi connectivity index (χ3v) is 9.42. The number of rotatable bonds is 10. The van der Waals surface area contributed by atoms with Gasteiger partial charge in [0.25, 0.3) is 5.91 Å². The van der Waals surface area contributed by atoms with Crippen LogP contribution in [0.3, 0.4) is 0 Å². The molecular formula is C27H31ClN4O3S2. The Morgan fingerprint density at radius 3 is 2.38 bits per heavy atom. The second-order valence-electron chi connectivity index (χ2n) is 8.95. The van der Waals surface area contributed by atoms with E-state index in [1.807, 2.05) is 54.6 Å². The minimum absolute atomic E-state index is 0.0609. The molecule has 0 bridgehead atoms. The SMILES string of the molecule is CCN(CC)c1ccc(CN(C(=O)c2nc(SCc3ccccc3)ncc2Cl)[C@H]2CCS(=O)(=O)C2)cc1. The predicted molar refractivity (Wildman–Crippen MR) is 150 cm³/mol. The zero-order valence-electron chi connectivity index (χ0n) is 21.0. The van der Waals surface area contributed by atoms with E-state index in [1.165, 1.54) is 18.0 Å². The molecule has 0 N–H and O–H groups in total. The number of carbonyl (C=O) groups is 1. The first-order chi connectivity index (χ1) is 17.8. The van der Waals surface area contributed by atoms with Gasteiger partial charge in [-0.15, -0.1) is 0 Å². The van der Waals surface area contributed by atoms with Gasteiger partial charge in [0.05, 0.1) is 22.7 Å². The van der Waals surface area contributed by atoms with Gasteiger partial charge in [0, 0.05) is 37.1 Å². The van der Waals surface area contributed by atoms with E-state index < -0.39 is 15.9 Å². The molecule has 4 rings (SSSR count). The quantitative estimate of drug-likeness (QED) is 0.253. The molecule has 1 aliphatic rings. The fourth-order valence-electron chi connectivity index (χ4n) is 4.41. The molecule has 1 aromatic heterocycles. The van der Waals surface area contributed by atoms with E-state index in [0.717, 1.165) is 29.9 Å². The minimum atomic E-state index is -3.20. The van der Waals surface area contributed by atoms with Crippen LogP contribution in [0.5, 0.6) is 0 Å². The molecule has 0 unspecified atom stereocenters. The van der Waals surface area contributed by atoms with Crippen molar-refractivity contribution in [1.29, 1.82) is 0 Å². The van der Waals surface area contributed by atoms with Crippen molar-refractivity contribution in [1.82, 2.24) is 14.9 Å². The van der Waals surface area contributed by atoms with Crippen molar-refractivity contribution < 1.29 is 13.2 Å². The average molecular weight is 559 g/mol. The fraction of sp³-hybridized carbons (Fsp3) is 0.370. The topological polar surface area (TPSA) is 83.5 Å². The molecule has 0 aliphatic carbocycles. The van der Waals surface area contributed by atoms with Crippen LogP contribution < -0.4 is 4.90 Å². The lowest BCUT2D eigenvalue weighted by Gasteiger charge is -2.29. The third kappa shape index (κ3) is 7.03. The van der Waals surface area contributed by atoms with Crippen molar-refractivity contribution in [2.75, 3.05) is 29.5 Å². The van der Waals surface area contributed by atoms with E-state index in [0.29, 0.717) is 17.3 Å². The second-order valence-corrected chi connectivity index (χ2v) is 12.5. The highest BCUT2D eigenvalue weighted by Crippen LogP contribution is 2.27. The molecule has 3 aromatic rings. The van der Waals surface area contributed by atoms with E-state index in [4.69, 9.17) is 11.6 Å². The van der Waals surface area contributed by atoms with E-state index in [9.17, 15) is 13.2 Å². The summed E-state index contributed by atoms with van der Waals surface area (Å²) >= 11 is 7.82. The lowest BCUT2D eigenvalue weighted by molar-refractivity contribution is 0.0674. The molecule has 1 fully saturated rings. The molecule has 2 heterocycles. The number of hydrogen-bond acceptors (Lipinski definition) is 7. The predicted octanol–water partition coefficient (Wildman–Crippen LogP) is 5.10. The summed E-state index contributed by atoms with van der Waals surface area (Å²) in [5, 5.41) is 0.593. The maximum absolute atomic E-state index is 13.8. The van der Waals surface area contributed by atoms with Crippen LogP contribution in [-0.4, -0.2) is 59.8 Å². The highest BCUT2D eigenvalue weighted by Gasteiger charge is 2.36. The highest BCUT2D eigenvalue weighted by atomic mass is 35.5. The van der Waals surface area contributed by atoms with Crippen molar-refractivity contribution in [3.63, 3.8) is 0 Å². The van der Waals surface area contributed by atoms with Crippen LogP contribution in [-0.2, 0) is 22.1 Å². The molecule has 1 amide bonds. The van der Waals surface area contributed by atoms with Gasteiger partial charge in [-0.1, -0.05) is 65.8 Å². The summed E-state index contributed by atoms with van der Waals surface area (Å²) in [5.74, 6) is 0.274. The molecule has 0 spiro atoms. The first-order valence-corrected chi connectivity index (χ1v) is 15.5. The van der Waals surface area contributed by atoms with E-state index in [-0.39, 0.29) is 34.7 Å². The largest absolute Gasteiger partial charge is 0.372 e. The van der Waals surface area contributed by atoms with Crippen molar-refractivity contribution in [2.45, 2.75) is 43.8 Å². The Kier molecular flexibility index (Phi) is 9.10. The number of aromatic nitrogens is 2. The van der Waals surface area contributed by atoms with Crippen molar-refractivity contribution in [2.24, 2.45) is 0 Å².